The van der Waals surface area contributed by atoms with E-state index in [2.05, 4.69) is 32.5 Å². The van der Waals surface area contributed by atoms with Crippen molar-refractivity contribution < 1.29 is 9.53 Å². The van der Waals surface area contributed by atoms with Gasteiger partial charge in [0.15, 0.2) is 10.6 Å². The number of piperidine rings is 1. The second-order valence-electron chi connectivity index (χ2n) is 8.28. The highest BCUT2D eigenvalue weighted by Crippen LogP contribution is 2.20. The Balaban J connectivity index is 1.31. The molecule has 1 amide bonds. The molecule has 2 aromatic carbocycles. The average molecular weight is 452 g/mol. The predicted octanol–water partition coefficient (Wildman–Crippen LogP) is 3.71. The van der Waals surface area contributed by atoms with Gasteiger partial charge in [-0.2, -0.15) is 5.10 Å². The Hall–Kier alpha value is -2.97. The van der Waals surface area contributed by atoms with Gasteiger partial charge in [-0.05, 0) is 55.7 Å². The van der Waals surface area contributed by atoms with Crippen LogP contribution in [0.3, 0.4) is 0 Å². The van der Waals surface area contributed by atoms with Gasteiger partial charge in [0.05, 0.1) is 7.11 Å². The van der Waals surface area contributed by atoms with Gasteiger partial charge in [0.2, 0.25) is 5.91 Å². The number of methoxy groups -OCH3 is 1. The Morgan fingerprint density at radius 2 is 2.00 bits per heavy atom. The number of rotatable bonds is 7. The summed E-state index contributed by atoms with van der Waals surface area (Å²) in [7, 11) is 1.69. The number of nitrogens with zero attached hydrogens (tertiary/aromatic N) is 3. The standard InChI is InChI=1S/C24H29N5O2S/c1-17-5-3-7-19(13-17)23-26-27-24(32)29(23)16-22(30)25-20-9-11-28(12-10-20)15-18-6-4-8-21(14-18)31-2/h3-8,13-14,20H,9-12,15-16H2,1-2H3,(H,25,30)(H,27,32). The summed E-state index contributed by atoms with van der Waals surface area (Å²) in [6.45, 7) is 4.97. The van der Waals surface area contributed by atoms with Gasteiger partial charge in [0, 0.05) is 31.2 Å². The number of aryl methyl sites for hydroxylation is 1. The quantitative estimate of drug-likeness (QED) is 0.536. The van der Waals surface area contributed by atoms with Crippen molar-refractivity contribution in [2.45, 2.75) is 38.9 Å². The topological polar surface area (TPSA) is 75.2 Å². The smallest absolute Gasteiger partial charge is 0.240 e. The van der Waals surface area contributed by atoms with Gasteiger partial charge < -0.3 is 10.1 Å². The molecule has 2 heterocycles. The van der Waals surface area contributed by atoms with Crippen molar-refractivity contribution in [3.63, 3.8) is 0 Å². The van der Waals surface area contributed by atoms with Crippen LogP contribution in [0.15, 0.2) is 48.5 Å². The zero-order valence-electron chi connectivity index (χ0n) is 18.5. The number of hydrogen-bond donors (Lipinski definition) is 2. The molecule has 168 valence electrons. The summed E-state index contributed by atoms with van der Waals surface area (Å²) in [5, 5.41) is 10.3. The lowest BCUT2D eigenvalue weighted by molar-refractivity contribution is -0.122. The summed E-state index contributed by atoms with van der Waals surface area (Å²) in [5.74, 6) is 1.53. The Labute approximate surface area is 193 Å². The second-order valence-corrected chi connectivity index (χ2v) is 8.66. The maximum atomic E-state index is 12.8. The number of likely N-dealkylation sites (tertiary alicyclic amines) is 1. The number of carbonyl (C=O) groups excluding carboxylic acids is 1. The first-order valence-electron chi connectivity index (χ1n) is 10.9. The molecular formula is C24H29N5O2S. The van der Waals surface area contributed by atoms with Crippen LogP contribution in [0.1, 0.15) is 24.0 Å². The lowest BCUT2D eigenvalue weighted by Crippen LogP contribution is -2.45. The molecule has 0 spiro atoms. The number of aromatic amines is 1. The van der Waals surface area contributed by atoms with E-state index in [1.165, 1.54) is 5.56 Å². The van der Waals surface area contributed by atoms with E-state index in [1.54, 1.807) is 11.7 Å². The van der Waals surface area contributed by atoms with E-state index in [9.17, 15) is 4.79 Å². The van der Waals surface area contributed by atoms with Gasteiger partial charge >= 0.3 is 0 Å². The molecule has 4 rings (SSSR count). The number of hydrogen-bond acceptors (Lipinski definition) is 5. The molecule has 1 aromatic heterocycles. The van der Waals surface area contributed by atoms with Crippen LogP contribution in [0.4, 0.5) is 0 Å². The molecule has 2 N–H and O–H groups in total. The molecule has 0 aliphatic carbocycles. The van der Waals surface area contributed by atoms with Gasteiger partial charge in [0.25, 0.3) is 0 Å². The monoisotopic (exact) mass is 451 g/mol. The molecule has 0 radical (unpaired) electrons. The normalized spacial score (nSPS) is 14.9. The molecule has 1 aliphatic heterocycles. The zero-order chi connectivity index (χ0) is 22.5. The fourth-order valence-corrected chi connectivity index (χ4v) is 4.35. The molecule has 1 fully saturated rings. The number of amides is 1. The molecule has 1 saturated heterocycles. The molecule has 0 saturated carbocycles. The first kappa shape index (κ1) is 22.2. The molecular weight excluding hydrogens is 422 g/mol. The van der Waals surface area contributed by atoms with Crippen molar-refractivity contribution in [2.75, 3.05) is 20.2 Å². The fourth-order valence-electron chi connectivity index (χ4n) is 4.15. The third-order valence-corrected chi connectivity index (χ3v) is 6.14. The van der Waals surface area contributed by atoms with Crippen LogP contribution < -0.4 is 10.1 Å². The Morgan fingerprint density at radius 1 is 1.22 bits per heavy atom. The van der Waals surface area contributed by atoms with Gasteiger partial charge in [0.1, 0.15) is 12.3 Å². The van der Waals surface area contributed by atoms with Crippen LogP contribution in [0.25, 0.3) is 11.4 Å². The van der Waals surface area contributed by atoms with Crippen LogP contribution in [0.5, 0.6) is 5.75 Å². The van der Waals surface area contributed by atoms with Crippen molar-refractivity contribution >= 4 is 18.1 Å². The third kappa shape index (κ3) is 5.44. The van der Waals surface area contributed by atoms with Gasteiger partial charge in [-0.1, -0.05) is 35.9 Å². The number of nitrogens with one attached hydrogen (secondary N) is 2. The molecule has 7 nitrogen and oxygen atoms in total. The van der Waals surface area contributed by atoms with Gasteiger partial charge in [-0.25, -0.2) is 0 Å². The fraction of sp³-hybridized carbons (Fsp3) is 0.375. The lowest BCUT2D eigenvalue weighted by Gasteiger charge is -2.32. The van der Waals surface area contributed by atoms with Gasteiger partial charge in [-0.15, -0.1) is 0 Å². The minimum atomic E-state index is -0.0392. The van der Waals surface area contributed by atoms with E-state index in [1.807, 2.05) is 43.3 Å². The Kier molecular flexibility index (Phi) is 7.02. The van der Waals surface area contributed by atoms with Gasteiger partial charge in [-0.3, -0.25) is 19.4 Å². The minimum absolute atomic E-state index is 0.0392. The summed E-state index contributed by atoms with van der Waals surface area (Å²) in [6.07, 6.45) is 1.86. The number of aromatic nitrogens is 3. The molecule has 0 atom stereocenters. The summed E-state index contributed by atoms with van der Waals surface area (Å²) in [4.78, 5) is 15.2. The van der Waals surface area contributed by atoms with Crippen molar-refractivity contribution in [2.24, 2.45) is 0 Å². The molecule has 32 heavy (non-hydrogen) atoms. The lowest BCUT2D eigenvalue weighted by atomic mass is 10.0. The SMILES string of the molecule is COc1cccc(CN2CCC(NC(=O)Cn3c(-c4cccc(C)c4)n[nH]c3=S)CC2)c1. The highest BCUT2D eigenvalue weighted by atomic mass is 32.1. The van der Waals surface area contributed by atoms with Crippen molar-refractivity contribution in [3.8, 4) is 17.1 Å². The number of H-pyrrole nitrogens is 1. The van der Waals surface area contributed by atoms with Crippen molar-refractivity contribution in [1.82, 2.24) is 25.0 Å². The van der Waals surface area contributed by atoms with Crippen molar-refractivity contribution in [3.05, 3.63) is 64.4 Å². The van der Waals surface area contributed by atoms with Crippen molar-refractivity contribution in [1.29, 1.82) is 0 Å². The highest BCUT2D eigenvalue weighted by molar-refractivity contribution is 7.71. The van der Waals surface area contributed by atoms with Crippen LogP contribution >= 0.6 is 12.2 Å². The minimum Gasteiger partial charge on any atom is -0.497 e. The van der Waals surface area contributed by atoms with E-state index in [-0.39, 0.29) is 18.5 Å². The highest BCUT2D eigenvalue weighted by Gasteiger charge is 2.22. The first-order valence-corrected chi connectivity index (χ1v) is 11.3. The van der Waals surface area contributed by atoms with Crippen LogP contribution in [-0.2, 0) is 17.9 Å². The number of benzene rings is 2. The van der Waals surface area contributed by atoms with Crippen LogP contribution in [0.2, 0.25) is 0 Å². The first-order chi connectivity index (χ1) is 15.5. The molecule has 0 unspecified atom stereocenters. The zero-order valence-corrected chi connectivity index (χ0v) is 19.3. The van der Waals surface area contributed by atoms with E-state index in [0.29, 0.717) is 10.6 Å². The molecule has 0 bridgehead atoms. The Morgan fingerprint density at radius 3 is 2.75 bits per heavy atom. The maximum Gasteiger partial charge on any atom is 0.240 e. The summed E-state index contributed by atoms with van der Waals surface area (Å²) >= 11 is 5.37. The maximum absolute atomic E-state index is 12.8. The molecule has 8 heteroatoms. The largest absolute Gasteiger partial charge is 0.497 e. The average Bonchev–Trinajstić information content (AvgIpc) is 3.15. The van der Waals surface area contributed by atoms with Crippen LogP contribution in [-0.4, -0.2) is 51.8 Å². The second kappa shape index (κ2) is 10.1. The summed E-state index contributed by atoms with van der Waals surface area (Å²) < 4.78 is 7.53. The molecule has 1 aliphatic rings. The summed E-state index contributed by atoms with van der Waals surface area (Å²) in [5.41, 5.74) is 3.31. The number of carbonyl (C=O) groups is 1. The van der Waals surface area contributed by atoms with E-state index in [4.69, 9.17) is 17.0 Å². The summed E-state index contributed by atoms with van der Waals surface area (Å²) in [6, 6.07) is 16.4. The Bertz CT molecular complexity index is 1130. The predicted molar refractivity (Wildman–Crippen MR) is 127 cm³/mol. The number of ether oxygens (including phenoxy) is 1. The van der Waals surface area contributed by atoms with E-state index < -0.39 is 0 Å². The molecule has 3 aromatic rings. The van der Waals surface area contributed by atoms with E-state index in [0.717, 1.165) is 49.4 Å². The third-order valence-electron chi connectivity index (χ3n) is 5.83. The van der Waals surface area contributed by atoms with Crippen LogP contribution in [0, 0.1) is 11.7 Å². The van der Waals surface area contributed by atoms with E-state index >= 15 is 0 Å².